The van der Waals surface area contributed by atoms with Crippen molar-refractivity contribution in [3.63, 3.8) is 0 Å². The van der Waals surface area contributed by atoms with Crippen molar-refractivity contribution in [1.82, 2.24) is 16.0 Å². The fraction of sp³-hybridized carbons (Fsp3) is 0.870. The predicted molar refractivity (Wildman–Crippen MR) is 125 cm³/mol. The molecular weight excluding hydrogens is 446 g/mol. The van der Waals surface area contributed by atoms with E-state index in [-0.39, 0.29) is 18.4 Å². The van der Waals surface area contributed by atoms with E-state index in [1.165, 1.54) is 20.4 Å². The highest BCUT2D eigenvalue weighted by molar-refractivity contribution is 5.86. The second-order valence-corrected chi connectivity index (χ2v) is 8.69. The monoisotopic (exact) mass is 489 g/mol. The summed E-state index contributed by atoms with van der Waals surface area (Å²) in [7, 11) is 1.49. The van der Waals surface area contributed by atoms with E-state index in [4.69, 9.17) is 9.47 Å². The summed E-state index contributed by atoms with van der Waals surface area (Å²) in [4.78, 5) is 35.6. The summed E-state index contributed by atoms with van der Waals surface area (Å²) in [5, 5.41) is 38.2. The number of hydrogen-bond donors (Lipinski definition) is 6. The van der Waals surface area contributed by atoms with E-state index >= 15 is 0 Å². The van der Waals surface area contributed by atoms with Gasteiger partial charge in [-0.1, -0.05) is 39.0 Å². The molecule has 198 valence electrons. The minimum Gasteiger partial charge on any atom is -0.387 e. The summed E-state index contributed by atoms with van der Waals surface area (Å²) in [6.07, 6.45) is 0.578. The van der Waals surface area contributed by atoms with Gasteiger partial charge in [0.1, 0.15) is 24.4 Å². The Hall–Kier alpha value is -1.79. The fourth-order valence-electron chi connectivity index (χ4n) is 3.76. The van der Waals surface area contributed by atoms with E-state index in [0.717, 1.165) is 32.1 Å². The van der Waals surface area contributed by atoms with Crippen molar-refractivity contribution in [2.45, 2.75) is 108 Å². The zero-order valence-corrected chi connectivity index (χ0v) is 20.6. The number of nitrogens with one attached hydrogen (secondary N) is 3. The SMILES string of the molecule is CCCCCCCCO[C@@H]1OC(C(=O)NCCCCC(NC(C)=O)C(=O)NC)C(O)[C@H](O)C1O. The summed E-state index contributed by atoms with van der Waals surface area (Å²) in [5.74, 6) is -1.23. The van der Waals surface area contributed by atoms with Crippen molar-refractivity contribution >= 4 is 17.7 Å². The molecule has 0 aliphatic carbocycles. The molecule has 0 saturated carbocycles. The number of ether oxygens (including phenoxy) is 2. The van der Waals surface area contributed by atoms with E-state index in [2.05, 4.69) is 22.9 Å². The van der Waals surface area contributed by atoms with Gasteiger partial charge in [-0.05, 0) is 25.7 Å². The molecule has 1 fully saturated rings. The van der Waals surface area contributed by atoms with Crippen molar-refractivity contribution < 1.29 is 39.2 Å². The third kappa shape index (κ3) is 10.6. The highest BCUT2D eigenvalue weighted by Gasteiger charge is 2.47. The third-order valence-corrected chi connectivity index (χ3v) is 5.77. The number of carbonyl (C=O) groups excluding carboxylic acids is 3. The van der Waals surface area contributed by atoms with Gasteiger partial charge < -0.3 is 40.7 Å². The molecule has 34 heavy (non-hydrogen) atoms. The van der Waals surface area contributed by atoms with Gasteiger partial charge in [0.25, 0.3) is 5.91 Å². The lowest BCUT2D eigenvalue weighted by molar-refractivity contribution is -0.290. The molecule has 6 N–H and O–H groups in total. The highest BCUT2D eigenvalue weighted by Crippen LogP contribution is 2.23. The highest BCUT2D eigenvalue weighted by atomic mass is 16.7. The number of hydrogen-bond acceptors (Lipinski definition) is 8. The Morgan fingerprint density at radius 3 is 2.26 bits per heavy atom. The molecule has 4 unspecified atom stereocenters. The first-order valence-electron chi connectivity index (χ1n) is 12.3. The van der Waals surface area contributed by atoms with E-state index in [1.54, 1.807) is 0 Å². The summed E-state index contributed by atoms with van der Waals surface area (Å²) < 4.78 is 11.0. The van der Waals surface area contributed by atoms with Gasteiger partial charge in [0.15, 0.2) is 12.4 Å². The van der Waals surface area contributed by atoms with Gasteiger partial charge in [-0.2, -0.15) is 0 Å². The van der Waals surface area contributed by atoms with E-state index in [0.29, 0.717) is 25.9 Å². The second kappa shape index (κ2) is 16.8. The lowest BCUT2D eigenvalue weighted by Crippen LogP contribution is -2.62. The molecule has 1 aliphatic heterocycles. The second-order valence-electron chi connectivity index (χ2n) is 8.69. The first-order valence-corrected chi connectivity index (χ1v) is 12.3. The first-order chi connectivity index (χ1) is 16.2. The number of unbranched alkanes of at least 4 members (excludes halogenated alkanes) is 6. The Morgan fingerprint density at radius 2 is 1.62 bits per heavy atom. The van der Waals surface area contributed by atoms with Gasteiger partial charge in [0, 0.05) is 27.1 Å². The Bertz CT molecular complexity index is 621. The average molecular weight is 490 g/mol. The first kappa shape index (κ1) is 30.2. The van der Waals surface area contributed by atoms with E-state index < -0.39 is 42.7 Å². The van der Waals surface area contributed by atoms with E-state index in [9.17, 15) is 29.7 Å². The maximum Gasteiger partial charge on any atom is 0.252 e. The zero-order valence-electron chi connectivity index (χ0n) is 20.6. The van der Waals surface area contributed by atoms with E-state index in [1.807, 2.05) is 0 Å². The number of amides is 3. The van der Waals surface area contributed by atoms with Crippen LogP contribution in [0.25, 0.3) is 0 Å². The van der Waals surface area contributed by atoms with Crippen molar-refractivity contribution in [2.75, 3.05) is 20.2 Å². The number of rotatable bonds is 16. The number of aliphatic hydroxyl groups is 3. The fourth-order valence-corrected chi connectivity index (χ4v) is 3.76. The van der Waals surface area contributed by atoms with Crippen LogP contribution in [0.1, 0.15) is 71.6 Å². The standard InChI is InChI=1S/C23H43N3O8/c1-4-5-6-7-8-11-14-33-23-19(30)17(28)18(29)20(34-23)22(32)25-13-10-9-12-16(21(31)24-3)26-15(2)27/h16-20,23,28-30H,4-14H2,1-3H3,(H,24,31)(H,25,32)(H,26,27)/t16?,17-,18?,19?,20?,23+/m0/s1. The van der Waals surface area contributed by atoms with Gasteiger partial charge in [0.05, 0.1) is 0 Å². The van der Waals surface area contributed by atoms with Crippen molar-refractivity contribution in [3.05, 3.63) is 0 Å². The number of likely N-dealkylation sites (N-methyl/N-ethyl adjacent to an activating group) is 1. The van der Waals surface area contributed by atoms with Crippen LogP contribution in [0.4, 0.5) is 0 Å². The van der Waals surface area contributed by atoms with Crippen molar-refractivity contribution in [1.29, 1.82) is 0 Å². The Balaban J connectivity index is 2.42. The molecule has 1 saturated heterocycles. The van der Waals surface area contributed by atoms with Crippen LogP contribution in [0.15, 0.2) is 0 Å². The van der Waals surface area contributed by atoms with Gasteiger partial charge in [-0.25, -0.2) is 0 Å². The van der Waals surface area contributed by atoms with Crippen molar-refractivity contribution in [2.24, 2.45) is 0 Å². The minimum absolute atomic E-state index is 0.244. The molecule has 0 bridgehead atoms. The Morgan fingerprint density at radius 1 is 0.941 bits per heavy atom. The maximum atomic E-state index is 12.5. The summed E-state index contributed by atoms with van der Waals surface area (Å²) in [5.41, 5.74) is 0. The molecular formula is C23H43N3O8. The largest absolute Gasteiger partial charge is 0.387 e. The van der Waals surface area contributed by atoms with Crippen LogP contribution >= 0.6 is 0 Å². The Kier molecular flexibility index (Phi) is 14.9. The topological polar surface area (TPSA) is 166 Å². The molecule has 1 aliphatic rings. The molecule has 11 nitrogen and oxygen atoms in total. The molecule has 1 heterocycles. The summed E-state index contributed by atoms with van der Waals surface area (Å²) in [6, 6.07) is -0.650. The van der Waals surface area contributed by atoms with Crippen LogP contribution < -0.4 is 16.0 Å². The van der Waals surface area contributed by atoms with Crippen LogP contribution in [0.3, 0.4) is 0 Å². The summed E-state index contributed by atoms with van der Waals surface area (Å²) >= 11 is 0. The molecule has 1 rings (SSSR count). The van der Waals surface area contributed by atoms with Gasteiger partial charge >= 0.3 is 0 Å². The minimum atomic E-state index is -1.60. The lowest BCUT2D eigenvalue weighted by Gasteiger charge is -2.39. The summed E-state index contributed by atoms with van der Waals surface area (Å²) in [6.45, 7) is 4.04. The normalized spacial score (nSPS) is 25.4. The average Bonchev–Trinajstić information content (AvgIpc) is 2.81. The van der Waals surface area contributed by atoms with Gasteiger partial charge in [0.2, 0.25) is 11.8 Å². The van der Waals surface area contributed by atoms with Crippen LogP contribution in [-0.4, -0.2) is 90.0 Å². The van der Waals surface area contributed by atoms with Crippen molar-refractivity contribution in [3.8, 4) is 0 Å². The van der Waals surface area contributed by atoms with Crippen LogP contribution in [-0.2, 0) is 23.9 Å². The van der Waals surface area contributed by atoms with Crippen LogP contribution in [0.2, 0.25) is 0 Å². The number of aliphatic hydroxyl groups excluding tert-OH is 3. The predicted octanol–water partition coefficient (Wildman–Crippen LogP) is -0.292. The van der Waals surface area contributed by atoms with Crippen LogP contribution in [0, 0.1) is 0 Å². The molecule has 0 aromatic rings. The molecule has 0 radical (unpaired) electrons. The molecule has 0 spiro atoms. The maximum absolute atomic E-state index is 12.5. The lowest BCUT2D eigenvalue weighted by atomic mass is 9.98. The Labute approximate surface area is 202 Å². The van der Waals surface area contributed by atoms with Crippen LogP contribution in [0.5, 0.6) is 0 Å². The third-order valence-electron chi connectivity index (χ3n) is 5.77. The van der Waals surface area contributed by atoms with Gasteiger partial charge in [-0.15, -0.1) is 0 Å². The molecule has 0 aromatic carbocycles. The zero-order chi connectivity index (χ0) is 25.5. The molecule has 0 aromatic heterocycles. The molecule has 11 heteroatoms. The molecule has 6 atom stereocenters. The quantitative estimate of drug-likeness (QED) is 0.161. The number of carbonyl (C=O) groups is 3. The molecule has 3 amide bonds. The van der Waals surface area contributed by atoms with Gasteiger partial charge in [-0.3, -0.25) is 14.4 Å². The smallest absolute Gasteiger partial charge is 0.252 e.